The van der Waals surface area contributed by atoms with Crippen LogP contribution in [0.5, 0.6) is 0 Å². The van der Waals surface area contributed by atoms with E-state index in [0.29, 0.717) is 5.56 Å². The fourth-order valence-corrected chi connectivity index (χ4v) is 1.93. The molecule has 0 spiro atoms. The van der Waals surface area contributed by atoms with Crippen LogP contribution < -0.4 is 10.6 Å². The molecule has 1 amide bonds. The maximum absolute atomic E-state index is 11.8. The van der Waals surface area contributed by atoms with E-state index in [9.17, 15) is 9.59 Å². The second-order valence-corrected chi connectivity index (χ2v) is 4.27. The van der Waals surface area contributed by atoms with E-state index in [0.717, 1.165) is 25.1 Å². The Morgan fingerprint density at radius 2 is 2.00 bits per heavy atom. The summed E-state index contributed by atoms with van der Waals surface area (Å²) in [6.07, 6.45) is 1.93. The van der Waals surface area contributed by atoms with Gasteiger partial charge in [-0.25, -0.2) is 0 Å². The number of hydrogen-bond donors (Lipinski definition) is 2. The number of nitrogens with one attached hydrogen (secondary N) is 2. The standard InChI is InChI=1S/C13H16N2O2/c1-9(16)10-4-6-11(7-5-10)15-13(17)12-3-2-8-14-12/h4-7,12,14H,2-3,8H2,1H3,(H,15,17)/t12-/m1/s1. The Balaban J connectivity index is 1.98. The van der Waals surface area contributed by atoms with Crippen LogP contribution in [0.2, 0.25) is 0 Å². The van der Waals surface area contributed by atoms with Gasteiger partial charge in [0.05, 0.1) is 6.04 Å². The van der Waals surface area contributed by atoms with Crippen LogP contribution in [0.3, 0.4) is 0 Å². The van der Waals surface area contributed by atoms with Gasteiger partial charge in [0.25, 0.3) is 0 Å². The average molecular weight is 232 g/mol. The average Bonchev–Trinajstić information content (AvgIpc) is 2.83. The molecule has 0 unspecified atom stereocenters. The highest BCUT2D eigenvalue weighted by Crippen LogP contribution is 2.12. The van der Waals surface area contributed by atoms with Crippen molar-refractivity contribution < 1.29 is 9.59 Å². The van der Waals surface area contributed by atoms with Crippen molar-refractivity contribution in [2.24, 2.45) is 0 Å². The summed E-state index contributed by atoms with van der Waals surface area (Å²) in [6.45, 7) is 2.43. The number of anilines is 1. The van der Waals surface area contributed by atoms with Crippen molar-refractivity contribution in [2.75, 3.05) is 11.9 Å². The molecule has 0 saturated carbocycles. The molecule has 2 N–H and O–H groups in total. The van der Waals surface area contributed by atoms with E-state index < -0.39 is 0 Å². The minimum absolute atomic E-state index is 0.00178. The third kappa shape index (κ3) is 2.91. The number of rotatable bonds is 3. The number of hydrogen-bond acceptors (Lipinski definition) is 3. The highest BCUT2D eigenvalue weighted by molar-refractivity contribution is 5.97. The van der Waals surface area contributed by atoms with Gasteiger partial charge in [0, 0.05) is 11.3 Å². The SMILES string of the molecule is CC(=O)c1ccc(NC(=O)[C@H]2CCCN2)cc1. The number of ketones is 1. The zero-order valence-electron chi connectivity index (χ0n) is 9.82. The normalized spacial score (nSPS) is 19.0. The molecule has 0 radical (unpaired) electrons. The summed E-state index contributed by atoms with van der Waals surface area (Å²) >= 11 is 0. The summed E-state index contributed by atoms with van der Waals surface area (Å²) in [5.74, 6) is 0.0263. The molecule has 0 aliphatic carbocycles. The van der Waals surface area contributed by atoms with Gasteiger partial charge in [-0.1, -0.05) is 0 Å². The van der Waals surface area contributed by atoms with Crippen molar-refractivity contribution in [1.82, 2.24) is 5.32 Å². The van der Waals surface area contributed by atoms with Crippen LogP contribution in [0.15, 0.2) is 24.3 Å². The molecule has 2 rings (SSSR count). The fourth-order valence-electron chi connectivity index (χ4n) is 1.93. The molecule has 4 nitrogen and oxygen atoms in total. The van der Waals surface area contributed by atoms with Crippen LogP contribution in [0, 0.1) is 0 Å². The van der Waals surface area contributed by atoms with Gasteiger partial charge in [0.15, 0.2) is 5.78 Å². The van der Waals surface area contributed by atoms with E-state index in [1.54, 1.807) is 24.3 Å². The summed E-state index contributed by atoms with van der Waals surface area (Å²) < 4.78 is 0. The van der Waals surface area contributed by atoms with Gasteiger partial charge in [0.1, 0.15) is 0 Å². The molecule has 4 heteroatoms. The summed E-state index contributed by atoms with van der Waals surface area (Å²) in [7, 11) is 0. The lowest BCUT2D eigenvalue weighted by molar-refractivity contribution is -0.117. The lowest BCUT2D eigenvalue weighted by atomic mass is 10.1. The van der Waals surface area contributed by atoms with Crippen LogP contribution in [0.25, 0.3) is 0 Å². The summed E-state index contributed by atoms with van der Waals surface area (Å²) in [6, 6.07) is 6.87. The third-order valence-corrected chi connectivity index (χ3v) is 2.94. The molecule has 1 fully saturated rings. The van der Waals surface area contributed by atoms with Gasteiger partial charge in [-0.05, 0) is 50.6 Å². The van der Waals surface area contributed by atoms with Gasteiger partial charge in [-0.3, -0.25) is 9.59 Å². The molecule has 1 heterocycles. The van der Waals surface area contributed by atoms with Crippen LogP contribution in [-0.4, -0.2) is 24.3 Å². The van der Waals surface area contributed by atoms with Crippen molar-refractivity contribution in [3.05, 3.63) is 29.8 Å². The van der Waals surface area contributed by atoms with Gasteiger partial charge in [0.2, 0.25) is 5.91 Å². The maximum Gasteiger partial charge on any atom is 0.241 e. The van der Waals surface area contributed by atoms with E-state index >= 15 is 0 Å². The molecule has 1 atom stereocenters. The lowest BCUT2D eigenvalue weighted by Gasteiger charge is -2.11. The Labute approximate surface area is 100 Å². The molecule has 1 aromatic carbocycles. The maximum atomic E-state index is 11.8. The zero-order valence-corrected chi connectivity index (χ0v) is 9.82. The summed E-state index contributed by atoms with van der Waals surface area (Å²) in [5.41, 5.74) is 1.38. The molecule has 17 heavy (non-hydrogen) atoms. The van der Waals surface area contributed by atoms with Crippen LogP contribution in [0.1, 0.15) is 30.1 Å². The quantitative estimate of drug-likeness (QED) is 0.778. The highest BCUT2D eigenvalue weighted by atomic mass is 16.2. The Bertz CT molecular complexity index is 420. The minimum atomic E-state index is -0.0810. The Kier molecular flexibility index (Phi) is 3.54. The van der Waals surface area contributed by atoms with Crippen molar-refractivity contribution >= 4 is 17.4 Å². The predicted molar refractivity (Wildman–Crippen MR) is 66.1 cm³/mol. The molecule has 0 bridgehead atoms. The fraction of sp³-hybridized carbons (Fsp3) is 0.385. The number of amides is 1. The van der Waals surface area contributed by atoms with E-state index in [4.69, 9.17) is 0 Å². The van der Waals surface area contributed by atoms with E-state index in [2.05, 4.69) is 10.6 Å². The first-order chi connectivity index (χ1) is 8.16. The van der Waals surface area contributed by atoms with Crippen molar-refractivity contribution in [1.29, 1.82) is 0 Å². The second-order valence-electron chi connectivity index (χ2n) is 4.27. The van der Waals surface area contributed by atoms with Crippen molar-refractivity contribution in [3.8, 4) is 0 Å². The summed E-state index contributed by atoms with van der Waals surface area (Å²) in [4.78, 5) is 22.9. The van der Waals surface area contributed by atoms with Crippen LogP contribution >= 0.6 is 0 Å². The first-order valence-corrected chi connectivity index (χ1v) is 5.82. The number of benzene rings is 1. The summed E-state index contributed by atoms with van der Waals surface area (Å²) in [5, 5.41) is 5.98. The van der Waals surface area contributed by atoms with Gasteiger partial charge < -0.3 is 10.6 Å². The Hall–Kier alpha value is -1.68. The number of Topliss-reactive ketones (excluding diaryl/α,β-unsaturated/α-hetero) is 1. The lowest BCUT2D eigenvalue weighted by Crippen LogP contribution is -2.35. The monoisotopic (exact) mass is 232 g/mol. The van der Waals surface area contributed by atoms with Crippen LogP contribution in [-0.2, 0) is 4.79 Å². The van der Waals surface area contributed by atoms with E-state index in [1.807, 2.05) is 0 Å². The Morgan fingerprint density at radius 1 is 1.29 bits per heavy atom. The first kappa shape index (κ1) is 11.8. The second kappa shape index (κ2) is 5.10. The molecule has 1 saturated heterocycles. The number of carbonyl (C=O) groups excluding carboxylic acids is 2. The molecule has 0 aromatic heterocycles. The molecular weight excluding hydrogens is 216 g/mol. The Morgan fingerprint density at radius 3 is 2.53 bits per heavy atom. The topological polar surface area (TPSA) is 58.2 Å². The number of carbonyl (C=O) groups is 2. The van der Waals surface area contributed by atoms with Crippen molar-refractivity contribution in [2.45, 2.75) is 25.8 Å². The molecule has 1 aromatic rings. The molecule has 90 valence electrons. The molecule has 1 aliphatic heterocycles. The van der Waals surface area contributed by atoms with Gasteiger partial charge in [-0.15, -0.1) is 0 Å². The van der Waals surface area contributed by atoms with Gasteiger partial charge in [-0.2, -0.15) is 0 Å². The van der Waals surface area contributed by atoms with Crippen molar-refractivity contribution in [3.63, 3.8) is 0 Å². The largest absolute Gasteiger partial charge is 0.325 e. The predicted octanol–water partition coefficient (Wildman–Crippen LogP) is 1.58. The minimum Gasteiger partial charge on any atom is -0.325 e. The highest BCUT2D eigenvalue weighted by Gasteiger charge is 2.21. The van der Waals surface area contributed by atoms with E-state index in [1.165, 1.54) is 6.92 Å². The smallest absolute Gasteiger partial charge is 0.241 e. The zero-order chi connectivity index (χ0) is 12.3. The van der Waals surface area contributed by atoms with Crippen LogP contribution in [0.4, 0.5) is 5.69 Å². The molecule has 1 aliphatic rings. The third-order valence-electron chi connectivity index (χ3n) is 2.94. The first-order valence-electron chi connectivity index (χ1n) is 5.82. The van der Waals surface area contributed by atoms with Gasteiger partial charge >= 0.3 is 0 Å². The molecular formula is C13H16N2O2. The van der Waals surface area contributed by atoms with E-state index in [-0.39, 0.29) is 17.7 Å².